The number of hydrogen-bond acceptors (Lipinski definition) is 5. The molecule has 234 valence electrons. The molecule has 0 aromatic heterocycles. The van der Waals surface area contributed by atoms with E-state index in [0.717, 1.165) is 29.8 Å². The molecule has 0 spiro atoms. The van der Waals surface area contributed by atoms with Gasteiger partial charge in [0.25, 0.3) is 0 Å². The summed E-state index contributed by atoms with van der Waals surface area (Å²) >= 11 is 0. The quantitative estimate of drug-likeness (QED) is 0.270. The van der Waals surface area contributed by atoms with Gasteiger partial charge in [0.05, 0.1) is 11.6 Å². The first kappa shape index (κ1) is 33.0. The van der Waals surface area contributed by atoms with Crippen molar-refractivity contribution in [2.45, 2.75) is 24.8 Å². The van der Waals surface area contributed by atoms with Gasteiger partial charge in [-0.1, -0.05) is 36.4 Å². The summed E-state index contributed by atoms with van der Waals surface area (Å²) in [5.74, 6) is -0.676. The molecule has 10 heteroatoms. The summed E-state index contributed by atoms with van der Waals surface area (Å²) in [5, 5.41) is 3.28. The lowest BCUT2D eigenvalue weighted by molar-refractivity contribution is -0.138. The lowest BCUT2D eigenvalue weighted by Crippen LogP contribution is -2.47. The minimum atomic E-state index is -4.45. The Morgan fingerprint density at radius 1 is 0.767 bits per heavy atom. The van der Waals surface area contributed by atoms with Crippen molar-refractivity contribution >= 4 is 0 Å². The number of hydrogen-bond donors (Lipinski definition) is 1. The van der Waals surface area contributed by atoms with Crippen LogP contribution in [0.1, 0.15) is 39.9 Å². The van der Waals surface area contributed by atoms with Gasteiger partial charge in [-0.15, -0.1) is 0 Å². The number of nitrogens with one attached hydrogen (secondary N) is 1. The smallest absolute Gasteiger partial charge is 0.312 e. The first-order valence-corrected chi connectivity index (χ1v) is 14.6. The van der Waals surface area contributed by atoms with Crippen LogP contribution in [0.3, 0.4) is 0 Å². The number of halogens is 5. The third kappa shape index (κ3) is 9.06. The molecule has 0 aliphatic carbocycles. The monoisotopic (exact) mass is 603 g/mol. The van der Waals surface area contributed by atoms with Crippen molar-refractivity contribution in [3.63, 3.8) is 0 Å². The van der Waals surface area contributed by atoms with Crippen LogP contribution < -0.4 is 5.32 Å². The zero-order chi connectivity index (χ0) is 31.1. The Bertz CT molecular complexity index is 1240. The van der Waals surface area contributed by atoms with Gasteiger partial charge < -0.3 is 15.1 Å². The van der Waals surface area contributed by atoms with Crippen molar-refractivity contribution < 1.29 is 22.0 Å². The number of rotatable bonds is 12. The molecule has 1 unspecified atom stereocenters. The molecule has 1 saturated heterocycles. The SMILES string of the molecule is CNC(CN(C)CCN(C)C)c1ccc(C(F)(F)F)c(CN2CCN(C(c3ccc(F)cc3)c3ccc(F)cc3)CC2)c1. The molecule has 0 amide bonds. The molecular weight excluding hydrogens is 561 g/mol. The highest BCUT2D eigenvalue weighted by Crippen LogP contribution is 2.35. The van der Waals surface area contributed by atoms with E-state index in [4.69, 9.17) is 0 Å². The summed E-state index contributed by atoms with van der Waals surface area (Å²) in [4.78, 5) is 8.55. The summed E-state index contributed by atoms with van der Waals surface area (Å²) in [7, 11) is 7.87. The van der Waals surface area contributed by atoms with Gasteiger partial charge in [-0.2, -0.15) is 13.2 Å². The van der Waals surface area contributed by atoms with Crippen LogP contribution >= 0.6 is 0 Å². The number of benzene rings is 3. The summed E-state index contributed by atoms with van der Waals surface area (Å²) in [6.07, 6.45) is -4.45. The number of piperazine rings is 1. The van der Waals surface area contributed by atoms with E-state index in [9.17, 15) is 22.0 Å². The fourth-order valence-electron chi connectivity index (χ4n) is 5.70. The molecule has 1 aliphatic heterocycles. The molecule has 0 bridgehead atoms. The summed E-state index contributed by atoms with van der Waals surface area (Å²) in [5.41, 5.74) is 2.24. The zero-order valence-electron chi connectivity index (χ0n) is 25.3. The van der Waals surface area contributed by atoms with Crippen molar-refractivity contribution in [2.75, 3.05) is 74.0 Å². The minimum Gasteiger partial charge on any atom is -0.312 e. The summed E-state index contributed by atoms with van der Waals surface area (Å²) in [6.45, 7) is 4.89. The van der Waals surface area contributed by atoms with E-state index < -0.39 is 11.7 Å². The van der Waals surface area contributed by atoms with E-state index in [1.165, 1.54) is 30.3 Å². The molecule has 43 heavy (non-hydrogen) atoms. The second-order valence-electron chi connectivity index (χ2n) is 11.6. The van der Waals surface area contributed by atoms with Gasteiger partial charge in [-0.3, -0.25) is 9.80 Å². The molecule has 3 aromatic carbocycles. The summed E-state index contributed by atoms with van der Waals surface area (Å²) < 4.78 is 69.7. The van der Waals surface area contributed by atoms with Crippen molar-refractivity contribution in [1.82, 2.24) is 24.9 Å². The maximum Gasteiger partial charge on any atom is 0.416 e. The predicted molar refractivity (Wildman–Crippen MR) is 161 cm³/mol. The maximum absolute atomic E-state index is 14.1. The number of alkyl halides is 3. The maximum atomic E-state index is 14.1. The molecule has 0 saturated carbocycles. The van der Waals surface area contributed by atoms with Crippen LogP contribution in [-0.4, -0.2) is 93.6 Å². The molecule has 4 rings (SSSR count). The number of likely N-dealkylation sites (N-methyl/N-ethyl adjacent to an activating group) is 3. The Morgan fingerprint density at radius 2 is 1.30 bits per heavy atom. The lowest BCUT2D eigenvalue weighted by Gasteiger charge is -2.40. The first-order valence-electron chi connectivity index (χ1n) is 14.6. The van der Waals surface area contributed by atoms with E-state index in [2.05, 4.69) is 24.9 Å². The second-order valence-corrected chi connectivity index (χ2v) is 11.6. The van der Waals surface area contributed by atoms with Gasteiger partial charge in [-0.25, -0.2) is 8.78 Å². The van der Waals surface area contributed by atoms with E-state index >= 15 is 0 Å². The Labute approximate surface area is 251 Å². The van der Waals surface area contributed by atoms with E-state index in [1.54, 1.807) is 36.4 Å². The molecule has 1 N–H and O–H groups in total. The molecule has 1 heterocycles. The third-order valence-corrected chi connectivity index (χ3v) is 8.15. The average Bonchev–Trinajstić information content (AvgIpc) is 2.97. The predicted octanol–water partition coefficient (Wildman–Crippen LogP) is 5.64. The van der Waals surface area contributed by atoms with E-state index in [0.29, 0.717) is 32.7 Å². The molecule has 1 fully saturated rings. The Kier molecular flexibility index (Phi) is 11.3. The second kappa shape index (κ2) is 14.7. The molecule has 1 atom stereocenters. The van der Waals surface area contributed by atoms with Gasteiger partial charge in [-0.05, 0) is 80.8 Å². The van der Waals surface area contributed by atoms with Crippen molar-refractivity contribution in [3.8, 4) is 0 Å². The average molecular weight is 604 g/mol. The van der Waals surface area contributed by atoms with Crippen molar-refractivity contribution in [3.05, 3.63) is 106 Å². The van der Waals surface area contributed by atoms with E-state index in [-0.39, 0.29) is 35.8 Å². The largest absolute Gasteiger partial charge is 0.416 e. The fraction of sp³-hybridized carbons (Fsp3) is 0.455. The fourth-order valence-corrected chi connectivity index (χ4v) is 5.70. The Balaban J connectivity index is 1.50. The summed E-state index contributed by atoms with van der Waals surface area (Å²) in [6, 6.07) is 16.7. The first-order chi connectivity index (χ1) is 20.4. The lowest BCUT2D eigenvalue weighted by atomic mass is 9.96. The Hall–Kier alpha value is -2.89. The van der Waals surface area contributed by atoms with Crippen LogP contribution in [0, 0.1) is 11.6 Å². The van der Waals surface area contributed by atoms with Gasteiger partial charge in [0.15, 0.2) is 0 Å². The highest BCUT2D eigenvalue weighted by atomic mass is 19.4. The van der Waals surface area contributed by atoms with Crippen LogP contribution in [-0.2, 0) is 12.7 Å². The van der Waals surface area contributed by atoms with Gasteiger partial charge in [0.1, 0.15) is 11.6 Å². The Morgan fingerprint density at radius 3 is 1.79 bits per heavy atom. The normalized spacial score (nSPS) is 16.0. The van der Waals surface area contributed by atoms with Gasteiger partial charge >= 0.3 is 6.18 Å². The molecule has 1 aliphatic rings. The van der Waals surface area contributed by atoms with Crippen molar-refractivity contribution in [2.24, 2.45) is 0 Å². The third-order valence-electron chi connectivity index (χ3n) is 8.15. The van der Waals surface area contributed by atoms with E-state index in [1.807, 2.05) is 28.2 Å². The van der Waals surface area contributed by atoms with Crippen LogP contribution in [0.2, 0.25) is 0 Å². The van der Waals surface area contributed by atoms with Crippen LogP contribution in [0.15, 0.2) is 66.7 Å². The van der Waals surface area contributed by atoms with Gasteiger partial charge in [0.2, 0.25) is 0 Å². The van der Waals surface area contributed by atoms with Crippen LogP contribution in [0.5, 0.6) is 0 Å². The molecule has 5 nitrogen and oxygen atoms in total. The minimum absolute atomic E-state index is 0.114. The highest BCUT2D eigenvalue weighted by Gasteiger charge is 2.35. The zero-order valence-corrected chi connectivity index (χ0v) is 25.3. The molecular formula is C33H42F5N5. The topological polar surface area (TPSA) is 25.0 Å². The van der Waals surface area contributed by atoms with Crippen LogP contribution in [0.25, 0.3) is 0 Å². The van der Waals surface area contributed by atoms with Crippen molar-refractivity contribution in [1.29, 1.82) is 0 Å². The number of nitrogens with zero attached hydrogens (tertiary/aromatic N) is 4. The molecule has 0 radical (unpaired) electrons. The van der Waals surface area contributed by atoms with Crippen LogP contribution in [0.4, 0.5) is 22.0 Å². The highest BCUT2D eigenvalue weighted by molar-refractivity contribution is 5.36. The standard InChI is InChI=1S/C33H42F5N5/c1-39-31(23-41(4)16-15-40(2)3)26-9-14-30(33(36,37)38)27(21-26)22-42-17-19-43(20-18-42)32(24-5-10-28(34)11-6-24)25-7-12-29(35)13-8-25/h5-14,21,31-32,39H,15-20,22-23H2,1-4H3. The van der Waals surface area contributed by atoms with Gasteiger partial charge in [0, 0.05) is 58.4 Å². The molecule has 3 aromatic rings.